The molecule has 0 bridgehead atoms. The van der Waals surface area contributed by atoms with Crippen LogP contribution >= 0.6 is 0 Å². The number of aromatic nitrogens is 1. The maximum Gasteiger partial charge on any atom is 0.341 e. The molecule has 1 aliphatic carbocycles. The molecule has 6 nitrogen and oxygen atoms in total. The molecule has 2 heterocycles. The van der Waals surface area contributed by atoms with E-state index in [-0.39, 0.29) is 34.0 Å². The lowest BCUT2D eigenvalue weighted by Gasteiger charge is -2.44. The van der Waals surface area contributed by atoms with Crippen LogP contribution in [0, 0.1) is 18.2 Å². The van der Waals surface area contributed by atoms with Crippen LogP contribution in [0.4, 0.5) is 10.1 Å². The molecule has 1 saturated heterocycles. The number of carbonyl (C=O) groups is 1. The number of piperidine rings is 1. The van der Waals surface area contributed by atoms with Gasteiger partial charge in [0.1, 0.15) is 11.4 Å². The van der Waals surface area contributed by atoms with Gasteiger partial charge in [0.25, 0.3) is 0 Å². The molecule has 1 aliphatic heterocycles. The van der Waals surface area contributed by atoms with E-state index < -0.39 is 17.2 Å². The Hall–Kier alpha value is -2.41. The number of fused-ring (bicyclic) bond motifs is 1. The fraction of sp³-hybridized carbons (Fsp3) is 0.524. The normalized spacial score (nSPS) is 21.9. The second-order valence-corrected chi connectivity index (χ2v) is 8.85. The smallest absolute Gasteiger partial charge is 0.341 e. The Kier molecular flexibility index (Phi) is 4.26. The van der Waals surface area contributed by atoms with Crippen molar-refractivity contribution in [3.8, 4) is 0 Å². The van der Waals surface area contributed by atoms with Crippen molar-refractivity contribution in [1.82, 2.24) is 4.57 Å². The van der Waals surface area contributed by atoms with Gasteiger partial charge in [-0.1, -0.05) is 13.8 Å². The standard InChI is InChI=1S/C21H26FN3O3/c1-11-17-14(25(12-4-5-12)9-13(19(17)26)20(27)28)8-15(18(11)22)24-7-6-16(23)21(2,3)10-24/h8-9,12,16H,4-7,10,23H2,1-3H3,(H,27,28). The third kappa shape index (κ3) is 2.89. The number of halogens is 1. The van der Waals surface area contributed by atoms with Crippen LogP contribution in [0.5, 0.6) is 0 Å². The quantitative estimate of drug-likeness (QED) is 0.845. The predicted octanol–water partition coefficient (Wildman–Crippen LogP) is 3.05. The number of nitrogens with zero attached hydrogens (tertiary/aromatic N) is 2. The lowest BCUT2D eigenvalue weighted by Crippen LogP contribution is -2.52. The van der Waals surface area contributed by atoms with Crippen molar-refractivity contribution in [3.05, 3.63) is 39.4 Å². The molecule has 0 radical (unpaired) electrons. The van der Waals surface area contributed by atoms with Crippen molar-refractivity contribution >= 4 is 22.6 Å². The summed E-state index contributed by atoms with van der Waals surface area (Å²) in [7, 11) is 0. The van der Waals surface area contributed by atoms with Gasteiger partial charge in [-0.3, -0.25) is 4.79 Å². The second-order valence-electron chi connectivity index (χ2n) is 8.85. The molecular weight excluding hydrogens is 361 g/mol. The lowest BCUT2D eigenvalue weighted by atomic mass is 9.79. The summed E-state index contributed by atoms with van der Waals surface area (Å²) < 4.78 is 17.2. The van der Waals surface area contributed by atoms with Gasteiger partial charge in [-0.05, 0) is 37.7 Å². The molecule has 0 spiro atoms. The highest BCUT2D eigenvalue weighted by atomic mass is 19.1. The molecule has 2 aliphatic rings. The van der Waals surface area contributed by atoms with E-state index in [4.69, 9.17) is 5.73 Å². The number of hydrogen-bond donors (Lipinski definition) is 2. The Morgan fingerprint density at radius 1 is 1.32 bits per heavy atom. The van der Waals surface area contributed by atoms with Gasteiger partial charge in [-0.15, -0.1) is 0 Å². The van der Waals surface area contributed by atoms with E-state index in [1.165, 1.54) is 6.20 Å². The van der Waals surface area contributed by atoms with Crippen LogP contribution in [0.1, 0.15) is 55.1 Å². The summed E-state index contributed by atoms with van der Waals surface area (Å²) >= 11 is 0. The molecule has 0 amide bonds. The van der Waals surface area contributed by atoms with Gasteiger partial charge in [0, 0.05) is 36.9 Å². The molecule has 1 saturated carbocycles. The van der Waals surface area contributed by atoms with Crippen LogP contribution in [-0.2, 0) is 0 Å². The molecule has 2 fully saturated rings. The molecule has 1 unspecified atom stereocenters. The topological polar surface area (TPSA) is 88.6 Å². The van der Waals surface area contributed by atoms with E-state index in [1.54, 1.807) is 13.0 Å². The Bertz CT molecular complexity index is 1040. The number of benzene rings is 1. The zero-order valence-corrected chi connectivity index (χ0v) is 16.5. The number of pyridine rings is 1. The van der Waals surface area contributed by atoms with E-state index >= 15 is 4.39 Å². The van der Waals surface area contributed by atoms with Crippen LogP contribution in [0.2, 0.25) is 0 Å². The highest BCUT2D eigenvalue weighted by Crippen LogP contribution is 2.40. The lowest BCUT2D eigenvalue weighted by molar-refractivity contribution is 0.0695. The minimum absolute atomic E-state index is 0.0520. The van der Waals surface area contributed by atoms with Gasteiger partial charge in [0.15, 0.2) is 0 Å². The summed E-state index contributed by atoms with van der Waals surface area (Å²) in [5.41, 5.74) is 6.42. The molecule has 1 aromatic heterocycles. The first-order valence-corrected chi connectivity index (χ1v) is 9.73. The third-order valence-electron chi connectivity index (χ3n) is 6.30. The average molecular weight is 387 g/mol. The van der Waals surface area contributed by atoms with Crippen LogP contribution < -0.4 is 16.1 Å². The third-order valence-corrected chi connectivity index (χ3v) is 6.30. The molecule has 28 heavy (non-hydrogen) atoms. The van der Waals surface area contributed by atoms with E-state index in [1.807, 2.05) is 9.47 Å². The molecule has 1 atom stereocenters. The molecule has 7 heteroatoms. The van der Waals surface area contributed by atoms with Gasteiger partial charge >= 0.3 is 5.97 Å². The van der Waals surface area contributed by atoms with Crippen molar-refractivity contribution in [3.63, 3.8) is 0 Å². The highest BCUT2D eigenvalue weighted by molar-refractivity contribution is 5.95. The van der Waals surface area contributed by atoms with E-state index in [0.29, 0.717) is 24.3 Å². The van der Waals surface area contributed by atoms with Crippen LogP contribution in [0.15, 0.2) is 17.1 Å². The predicted molar refractivity (Wildman–Crippen MR) is 107 cm³/mol. The molecular formula is C21H26FN3O3. The van der Waals surface area contributed by atoms with E-state index in [9.17, 15) is 14.7 Å². The minimum atomic E-state index is -1.28. The second kappa shape index (κ2) is 6.30. The monoisotopic (exact) mass is 387 g/mol. The van der Waals surface area contributed by atoms with Gasteiger partial charge < -0.3 is 20.3 Å². The molecule has 4 rings (SSSR count). The molecule has 2 aromatic rings. The fourth-order valence-electron chi connectivity index (χ4n) is 4.27. The maximum absolute atomic E-state index is 15.4. The number of carboxylic acids is 1. The van der Waals surface area contributed by atoms with E-state index in [2.05, 4.69) is 13.8 Å². The fourth-order valence-corrected chi connectivity index (χ4v) is 4.27. The number of rotatable bonds is 3. The van der Waals surface area contributed by atoms with Crippen molar-refractivity contribution in [2.24, 2.45) is 11.1 Å². The summed E-state index contributed by atoms with van der Waals surface area (Å²) in [6.07, 6.45) is 4.03. The summed E-state index contributed by atoms with van der Waals surface area (Å²) in [6.45, 7) is 6.99. The minimum Gasteiger partial charge on any atom is -0.477 e. The van der Waals surface area contributed by atoms with Crippen LogP contribution in [0.3, 0.4) is 0 Å². The summed E-state index contributed by atoms with van der Waals surface area (Å²) in [6, 6.07) is 1.93. The van der Waals surface area contributed by atoms with Gasteiger partial charge in [-0.25, -0.2) is 9.18 Å². The van der Waals surface area contributed by atoms with Gasteiger partial charge in [-0.2, -0.15) is 0 Å². The summed E-state index contributed by atoms with van der Waals surface area (Å²) in [5, 5.41) is 9.59. The van der Waals surface area contributed by atoms with Crippen molar-refractivity contribution < 1.29 is 14.3 Å². The summed E-state index contributed by atoms with van der Waals surface area (Å²) in [4.78, 5) is 26.3. The number of aryl methyl sites for hydroxylation is 1. The number of nitrogens with two attached hydrogens (primary N) is 1. The van der Waals surface area contributed by atoms with Gasteiger partial charge in [0.2, 0.25) is 5.43 Å². The Labute approximate surface area is 162 Å². The number of anilines is 1. The first kappa shape index (κ1) is 18.9. The van der Waals surface area contributed by atoms with Crippen LogP contribution in [0.25, 0.3) is 10.9 Å². The van der Waals surface area contributed by atoms with Crippen molar-refractivity contribution in [2.45, 2.75) is 52.1 Å². The Morgan fingerprint density at radius 3 is 2.57 bits per heavy atom. The number of hydrogen-bond acceptors (Lipinski definition) is 4. The first-order chi connectivity index (χ1) is 13.1. The Balaban J connectivity index is 1.95. The molecule has 1 aromatic carbocycles. The number of carboxylic acid groups (broad SMARTS) is 1. The largest absolute Gasteiger partial charge is 0.477 e. The highest BCUT2D eigenvalue weighted by Gasteiger charge is 2.35. The van der Waals surface area contributed by atoms with Crippen LogP contribution in [-0.4, -0.2) is 34.8 Å². The number of aromatic carboxylic acids is 1. The average Bonchev–Trinajstić information content (AvgIpc) is 3.45. The summed E-state index contributed by atoms with van der Waals surface area (Å²) in [5.74, 6) is -1.74. The zero-order chi connectivity index (χ0) is 20.4. The SMILES string of the molecule is Cc1c(F)c(N2CCC(N)C(C)(C)C2)cc2c1c(=O)c(C(=O)O)cn2C1CC1. The van der Waals surface area contributed by atoms with Gasteiger partial charge in [0.05, 0.1) is 16.6 Å². The molecule has 3 N–H and O–H groups in total. The molecule has 150 valence electrons. The van der Waals surface area contributed by atoms with Crippen molar-refractivity contribution in [1.29, 1.82) is 0 Å². The van der Waals surface area contributed by atoms with Crippen molar-refractivity contribution in [2.75, 3.05) is 18.0 Å². The zero-order valence-electron chi connectivity index (χ0n) is 16.5. The maximum atomic E-state index is 15.4. The first-order valence-electron chi connectivity index (χ1n) is 9.73. The Morgan fingerprint density at radius 2 is 2.00 bits per heavy atom. The van der Waals surface area contributed by atoms with E-state index in [0.717, 1.165) is 19.3 Å².